The number of nitrogens with one attached hydrogen (secondary N) is 1. The Morgan fingerprint density at radius 1 is 1.14 bits per heavy atom. The van der Waals surface area contributed by atoms with Crippen LogP contribution >= 0.6 is 0 Å². The molecular formula is C21H21N3O5. The first-order valence-electron chi connectivity index (χ1n) is 8.72. The van der Waals surface area contributed by atoms with E-state index < -0.39 is 11.8 Å². The first-order chi connectivity index (χ1) is 14.0. The molecule has 0 atom stereocenters. The van der Waals surface area contributed by atoms with Crippen LogP contribution in [0.3, 0.4) is 0 Å². The number of methoxy groups -OCH3 is 1. The van der Waals surface area contributed by atoms with Crippen LogP contribution in [0.5, 0.6) is 17.2 Å². The lowest BCUT2D eigenvalue weighted by molar-refractivity contribution is -0.120. The summed E-state index contributed by atoms with van der Waals surface area (Å²) in [6.07, 6.45) is 1.42. The molecule has 8 nitrogen and oxygen atoms in total. The summed E-state index contributed by atoms with van der Waals surface area (Å²) in [6, 6.07) is 13.6. The first kappa shape index (κ1) is 21.3. The number of hydrogen-bond acceptors (Lipinski definition) is 6. The van der Waals surface area contributed by atoms with Crippen LogP contribution in [0.2, 0.25) is 0 Å². The number of hydrogen-bond donors (Lipinski definition) is 2. The molecule has 0 saturated heterocycles. The highest BCUT2D eigenvalue weighted by molar-refractivity contribution is 6.10. The number of carbonyl (C=O) groups excluding carboxylic acids is 2. The number of carbonyl (C=O) groups is 2. The summed E-state index contributed by atoms with van der Waals surface area (Å²) in [7, 11) is 1.49. The second-order valence-corrected chi connectivity index (χ2v) is 5.72. The van der Waals surface area contributed by atoms with Crippen LogP contribution in [0.1, 0.15) is 12.5 Å². The van der Waals surface area contributed by atoms with Gasteiger partial charge in [-0.1, -0.05) is 18.2 Å². The zero-order chi connectivity index (χ0) is 21.2. The van der Waals surface area contributed by atoms with Crippen molar-refractivity contribution in [3.05, 3.63) is 53.6 Å². The Kier molecular flexibility index (Phi) is 7.62. The summed E-state index contributed by atoms with van der Waals surface area (Å²) in [4.78, 5) is 23.4. The Hall–Kier alpha value is -3.99. The van der Waals surface area contributed by atoms with E-state index in [0.29, 0.717) is 35.1 Å². The molecule has 0 aliphatic carbocycles. The summed E-state index contributed by atoms with van der Waals surface area (Å²) in [5.74, 6) is -0.0161. The van der Waals surface area contributed by atoms with Gasteiger partial charge in [0.15, 0.2) is 18.1 Å². The van der Waals surface area contributed by atoms with Crippen LogP contribution in [0.4, 0.5) is 5.69 Å². The van der Waals surface area contributed by atoms with Crippen LogP contribution in [0.15, 0.2) is 48.0 Å². The Balaban J connectivity index is 2.27. The lowest BCUT2D eigenvalue weighted by atomic mass is 10.1. The number of primary amides is 1. The maximum atomic E-state index is 12.5. The van der Waals surface area contributed by atoms with E-state index in [1.54, 1.807) is 49.4 Å². The van der Waals surface area contributed by atoms with Gasteiger partial charge in [-0.05, 0) is 42.8 Å². The van der Waals surface area contributed by atoms with Gasteiger partial charge in [-0.2, -0.15) is 5.26 Å². The summed E-state index contributed by atoms with van der Waals surface area (Å²) < 4.78 is 16.0. The second-order valence-electron chi connectivity index (χ2n) is 5.72. The van der Waals surface area contributed by atoms with Crippen molar-refractivity contribution in [3.63, 3.8) is 0 Å². The van der Waals surface area contributed by atoms with E-state index in [-0.39, 0.29) is 12.2 Å². The van der Waals surface area contributed by atoms with Crippen molar-refractivity contribution < 1.29 is 23.8 Å². The van der Waals surface area contributed by atoms with Crippen LogP contribution in [0, 0.1) is 11.3 Å². The maximum Gasteiger partial charge on any atom is 0.266 e. The number of benzene rings is 2. The number of anilines is 1. The number of nitriles is 1. The van der Waals surface area contributed by atoms with E-state index in [1.165, 1.54) is 13.2 Å². The van der Waals surface area contributed by atoms with E-state index in [9.17, 15) is 14.9 Å². The molecule has 0 aliphatic rings. The van der Waals surface area contributed by atoms with Gasteiger partial charge in [-0.25, -0.2) is 0 Å². The largest absolute Gasteiger partial charge is 0.495 e. The molecule has 2 rings (SSSR count). The number of ether oxygens (including phenoxy) is 3. The smallest absolute Gasteiger partial charge is 0.266 e. The van der Waals surface area contributed by atoms with E-state index in [1.807, 2.05) is 6.07 Å². The molecule has 2 aromatic carbocycles. The highest BCUT2D eigenvalue weighted by Gasteiger charge is 2.13. The average Bonchev–Trinajstić information content (AvgIpc) is 2.71. The molecule has 2 amide bonds. The Bertz CT molecular complexity index is 963. The average molecular weight is 395 g/mol. The molecule has 0 fully saturated rings. The molecule has 29 heavy (non-hydrogen) atoms. The van der Waals surface area contributed by atoms with Gasteiger partial charge in [-0.15, -0.1) is 0 Å². The van der Waals surface area contributed by atoms with Crippen molar-refractivity contribution in [2.75, 3.05) is 25.6 Å². The molecule has 8 heteroatoms. The third-order valence-corrected chi connectivity index (χ3v) is 3.67. The normalized spacial score (nSPS) is 10.6. The quantitative estimate of drug-likeness (QED) is 0.497. The van der Waals surface area contributed by atoms with E-state index in [0.717, 1.165) is 0 Å². The molecular weight excluding hydrogens is 374 g/mol. The van der Waals surface area contributed by atoms with Gasteiger partial charge in [0.05, 0.1) is 19.4 Å². The number of para-hydroxylation sites is 2. The number of nitrogens with zero attached hydrogens (tertiary/aromatic N) is 1. The predicted octanol–water partition coefficient (Wildman–Crippen LogP) is 2.50. The van der Waals surface area contributed by atoms with Crippen LogP contribution in [0.25, 0.3) is 6.08 Å². The van der Waals surface area contributed by atoms with Gasteiger partial charge in [0, 0.05) is 0 Å². The summed E-state index contributed by atoms with van der Waals surface area (Å²) in [6.45, 7) is 1.86. The fourth-order valence-electron chi connectivity index (χ4n) is 2.40. The molecule has 0 aliphatic heterocycles. The molecule has 0 radical (unpaired) electrons. The van der Waals surface area contributed by atoms with Crippen molar-refractivity contribution in [1.82, 2.24) is 0 Å². The van der Waals surface area contributed by atoms with E-state index in [4.69, 9.17) is 19.9 Å². The van der Waals surface area contributed by atoms with Crippen molar-refractivity contribution in [2.45, 2.75) is 6.92 Å². The highest BCUT2D eigenvalue weighted by atomic mass is 16.5. The maximum absolute atomic E-state index is 12.5. The van der Waals surface area contributed by atoms with Crippen molar-refractivity contribution in [1.29, 1.82) is 5.26 Å². The van der Waals surface area contributed by atoms with Gasteiger partial charge < -0.3 is 25.3 Å². The fraction of sp³-hybridized carbons (Fsp3) is 0.190. The van der Waals surface area contributed by atoms with Crippen LogP contribution in [-0.4, -0.2) is 32.1 Å². The standard InChI is InChI=1S/C21H21N3O5/c1-3-28-19-11-14(8-9-18(19)29-13-20(23)25)10-15(12-22)21(26)24-16-6-4-5-7-17(16)27-2/h4-11H,3,13H2,1-2H3,(H2,23,25)(H,24,26)/b15-10-. The van der Waals surface area contributed by atoms with Gasteiger partial charge in [0.25, 0.3) is 11.8 Å². The number of amides is 2. The molecule has 2 aromatic rings. The van der Waals surface area contributed by atoms with E-state index in [2.05, 4.69) is 5.32 Å². The molecule has 150 valence electrons. The third-order valence-electron chi connectivity index (χ3n) is 3.67. The SMILES string of the molecule is CCOc1cc(/C=C(/C#N)C(=O)Nc2ccccc2OC)ccc1OCC(N)=O. The lowest BCUT2D eigenvalue weighted by Gasteiger charge is -2.12. The van der Waals surface area contributed by atoms with Crippen LogP contribution < -0.4 is 25.3 Å². The van der Waals surface area contributed by atoms with Gasteiger partial charge in [-0.3, -0.25) is 9.59 Å². The van der Waals surface area contributed by atoms with E-state index >= 15 is 0 Å². The summed E-state index contributed by atoms with van der Waals surface area (Å²) in [5.41, 5.74) is 5.98. The molecule has 0 bridgehead atoms. The van der Waals surface area contributed by atoms with Crippen LogP contribution in [-0.2, 0) is 9.59 Å². The molecule has 0 heterocycles. The monoisotopic (exact) mass is 395 g/mol. The second kappa shape index (κ2) is 10.4. The van der Waals surface area contributed by atoms with Crippen molar-refractivity contribution in [2.24, 2.45) is 5.73 Å². The lowest BCUT2D eigenvalue weighted by Crippen LogP contribution is -2.20. The van der Waals surface area contributed by atoms with Gasteiger partial charge in [0.2, 0.25) is 0 Å². The topological polar surface area (TPSA) is 124 Å². The number of rotatable bonds is 9. The molecule has 3 N–H and O–H groups in total. The zero-order valence-electron chi connectivity index (χ0n) is 16.1. The van der Waals surface area contributed by atoms with Crippen molar-refractivity contribution >= 4 is 23.6 Å². The minimum absolute atomic E-state index is 0.107. The molecule has 0 spiro atoms. The van der Waals surface area contributed by atoms with Crippen molar-refractivity contribution in [3.8, 4) is 23.3 Å². The Morgan fingerprint density at radius 3 is 2.55 bits per heavy atom. The summed E-state index contributed by atoms with van der Waals surface area (Å²) >= 11 is 0. The minimum atomic E-state index is -0.615. The zero-order valence-corrected chi connectivity index (χ0v) is 16.1. The minimum Gasteiger partial charge on any atom is -0.495 e. The van der Waals surface area contributed by atoms with Gasteiger partial charge >= 0.3 is 0 Å². The molecule has 0 aromatic heterocycles. The molecule has 0 unspecified atom stereocenters. The molecule has 0 saturated carbocycles. The fourth-order valence-corrected chi connectivity index (χ4v) is 2.40. The number of nitrogens with two attached hydrogens (primary N) is 1. The third kappa shape index (κ3) is 6.01. The Labute approximate surface area is 168 Å². The highest BCUT2D eigenvalue weighted by Crippen LogP contribution is 2.30. The Morgan fingerprint density at radius 2 is 1.90 bits per heavy atom. The predicted molar refractivity (Wildman–Crippen MR) is 108 cm³/mol. The van der Waals surface area contributed by atoms with Gasteiger partial charge in [0.1, 0.15) is 17.4 Å². The first-order valence-corrected chi connectivity index (χ1v) is 8.72. The summed E-state index contributed by atoms with van der Waals surface area (Å²) in [5, 5.41) is 12.1.